The maximum Gasteiger partial charge on any atom is 0.328 e. The Morgan fingerprint density at radius 1 is 1.41 bits per heavy atom. The highest BCUT2D eigenvalue weighted by Crippen LogP contribution is 2.14. The summed E-state index contributed by atoms with van der Waals surface area (Å²) in [5.74, 6) is -0.685. The Labute approximate surface area is 105 Å². The van der Waals surface area contributed by atoms with E-state index in [2.05, 4.69) is 0 Å². The Balaban J connectivity index is 2.93. The number of aryl methyl sites for hydroxylation is 1. The lowest BCUT2D eigenvalue weighted by Gasteiger charge is -2.04. The van der Waals surface area contributed by atoms with Crippen LogP contribution in [0, 0.1) is 6.92 Å². The molecule has 0 radical (unpaired) electrons. The molecule has 1 aromatic rings. The fourth-order valence-electron chi connectivity index (χ4n) is 1.49. The van der Waals surface area contributed by atoms with E-state index in [1.165, 1.54) is 6.08 Å². The van der Waals surface area contributed by atoms with Gasteiger partial charge in [0.05, 0.1) is 0 Å². The number of Topliss-reactive ketones (excluding diaryl/α,β-unsaturated/α-hetero) is 1. The number of hydrogen-bond donors (Lipinski definition) is 1. The van der Waals surface area contributed by atoms with Gasteiger partial charge < -0.3 is 5.11 Å². The van der Waals surface area contributed by atoms with Crippen LogP contribution in [0.3, 0.4) is 0 Å². The monoisotopic (exact) mass is 252 g/mol. The normalized spacial score (nSPS) is 10.7. The minimum Gasteiger partial charge on any atom is -0.478 e. The highest BCUT2D eigenvalue weighted by atomic mass is 35.5. The summed E-state index contributed by atoms with van der Waals surface area (Å²) in [5.41, 5.74) is 2.22. The summed E-state index contributed by atoms with van der Waals surface area (Å²) in [4.78, 5) is 22.0. The molecule has 90 valence electrons. The molecular weight excluding hydrogens is 240 g/mol. The number of carboxylic acid groups (broad SMARTS) is 1. The second kappa shape index (κ2) is 6.21. The summed E-state index contributed by atoms with van der Waals surface area (Å²) in [6, 6.07) is 5.19. The molecule has 0 saturated carbocycles. The number of benzene rings is 1. The smallest absolute Gasteiger partial charge is 0.328 e. The van der Waals surface area contributed by atoms with Gasteiger partial charge in [0.2, 0.25) is 0 Å². The zero-order valence-electron chi connectivity index (χ0n) is 9.44. The number of aliphatic carboxylic acids is 1. The van der Waals surface area contributed by atoms with Crippen LogP contribution < -0.4 is 0 Å². The van der Waals surface area contributed by atoms with E-state index >= 15 is 0 Å². The highest BCUT2D eigenvalue weighted by Gasteiger charge is 2.08. The van der Waals surface area contributed by atoms with Crippen molar-refractivity contribution in [2.75, 3.05) is 5.88 Å². The van der Waals surface area contributed by atoms with Gasteiger partial charge in [-0.05, 0) is 24.1 Å². The van der Waals surface area contributed by atoms with Gasteiger partial charge in [-0.15, -0.1) is 11.6 Å². The molecule has 0 spiro atoms. The average molecular weight is 253 g/mol. The van der Waals surface area contributed by atoms with E-state index in [0.717, 1.165) is 17.2 Å². The molecule has 0 fully saturated rings. The Morgan fingerprint density at radius 3 is 2.65 bits per heavy atom. The van der Waals surface area contributed by atoms with Crippen LogP contribution in [-0.4, -0.2) is 22.7 Å². The second-order valence-corrected chi connectivity index (χ2v) is 3.99. The molecule has 0 aliphatic heterocycles. The van der Waals surface area contributed by atoms with Gasteiger partial charge in [-0.3, -0.25) is 4.79 Å². The molecule has 1 rings (SSSR count). The third-order valence-electron chi connectivity index (χ3n) is 2.29. The van der Waals surface area contributed by atoms with Crippen molar-refractivity contribution in [3.05, 3.63) is 41.0 Å². The molecule has 0 amide bonds. The molecule has 0 saturated heterocycles. The molecule has 17 heavy (non-hydrogen) atoms. The molecule has 0 heterocycles. The zero-order chi connectivity index (χ0) is 12.8. The summed E-state index contributed by atoms with van der Waals surface area (Å²) in [7, 11) is 0. The number of ketones is 1. The predicted octanol–water partition coefficient (Wildman–Crippen LogP) is 2.90. The van der Waals surface area contributed by atoms with Gasteiger partial charge in [-0.2, -0.15) is 0 Å². The van der Waals surface area contributed by atoms with Gasteiger partial charge in [-0.25, -0.2) is 4.79 Å². The summed E-state index contributed by atoms with van der Waals surface area (Å²) in [5, 5.41) is 8.50. The Kier molecular flexibility index (Phi) is 4.91. The fraction of sp³-hybridized carbons (Fsp3) is 0.231. The van der Waals surface area contributed by atoms with Gasteiger partial charge in [0.25, 0.3) is 0 Å². The average Bonchev–Trinajstić information content (AvgIpc) is 2.26. The number of hydrogen-bond acceptors (Lipinski definition) is 2. The second-order valence-electron chi connectivity index (χ2n) is 3.61. The Morgan fingerprint density at radius 2 is 2.12 bits per heavy atom. The zero-order valence-corrected chi connectivity index (χ0v) is 10.2. The van der Waals surface area contributed by atoms with Crippen LogP contribution >= 0.6 is 11.6 Å². The van der Waals surface area contributed by atoms with E-state index in [1.807, 2.05) is 6.92 Å². The number of halogens is 1. The third-order valence-corrected chi connectivity index (χ3v) is 2.48. The summed E-state index contributed by atoms with van der Waals surface area (Å²) in [6.45, 7) is 1.82. The van der Waals surface area contributed by atoms with Gasteiger partial charge in [0, 0.05) is 23.9 Å². The standard InChI is InChI=1S/C13H13ClO3/c1-9-8-10(3-5-13(16)17)2-4-11(9)12(15)6-7-14/h2-5,8H,6-7H2,1H3,(H,16,17)/b5-3+. The molecule has 1 N–H and O–H groups in total. The molecule has 0 aliphatic rings. The van der Waals surface area contributed by atoms with Crippen molar-refractivity contribution in [2.24, 2.45) is 0 Å². The van der Waals surface area contributed by atoms with Crippen molar-refractivity contribution in [2.45, 2.75) is 13.3 Å². The SMILES string of the molecule is Cc1cc(/C=C/C(=O)O)ccc1C(=O)CCCl. The first-order valence-corrected chi connectivity index (χ1v) is 5.69. The van der Waals surface area contributed by atoms with Crippen molar-refractivity contribution in [1.29, 1.82) is 0 Å². The number of carbonyl (C=O) groups excluding carboxylic acids is 1. The van der Waals surface area contributed by atoms with Gasteiger partial charge in [0.15, 0.2) is 5.78 Å². The predicted molar refractivity (Wildman–Crippen MR) is 67.5 cm³/mol. The maximum absolute atomic E-state index is 11.6. The fourth-order valence-corrected chi connectivity index (χ4v) is 1.66. The van der Waals surface area contributed by atoms with Crippen LogP contribution in [0.15, 0.2) is 24.3 Å². The molecule has 0 unspecified atom stereocenters. The number of carboxylic acids is 1. The van der Waals surface area contributed by atoms with E-state index in [4.69, 9.17) is 16.7 Å². The summed E-state index contributed by atoms with van der Waals surface area (Å²) in [6.07, 6.45) is 2.87. The van der Waals surface area contributed by atoms with Crippen molar-refractivity contribution >= 4 is 29.4 Å². The quantitative estimate of drug-likeness (QED) is 0.498. The largest absolute Gasteiger partial charge is 0.478 e. The number of rotatable bonds is 5. The number of alkyl halides is 1. The van der Waals surface area contributed by atoms with Crippen LogP contribution in [0.5, 0.6) is 0 Å². The summed E-state index contributed by atoms with van der Waals surface area (Å²) >= 11 is 5.52. The first kappa shape index (κ1) is 13.5. The first-order valence-electron chi connectivity index (χ1n) is 5.15. The molecular formula is C13H13ClO3. The van der Waals surface area contributed by atoms with Gasteiger partial charge >= 0.3 is 5.97 Å². The van der Waals surface area contributed by atoms with Crippen LogP contribution in [-0.2, 0) is 4.79 Å². The molecule has 0 aliphatic carbocycles. The Bertz CT molecular complexity index is 464. The van der Waals surface area contributed by atoms with Crippen LogP contribution in [0.4, 0.5) is 0 Å². The maximum atomic E-state index is 11.6. The molecule has 4 heteroatoms. The van der Waals surface area contributed by atoms with E-state index in [9.17, 15) is 9.59 Å². The van der Waals surface area contributed by atoms with Crippen LogP contribution in [0.25, 0.3) is 6.08 Å². The van der Waals surface area contributed by atoms with Crippen LogP contribution in [0.1, 0.15) is 27.9 Å². The van der Waals surface area contributed by atoms with Crippen molar-refractivity contribution in [1.82, 2.24) is 0 Å². The van der Waals surface area contributed by atoms with Crippen molar-refractivity contribution in [3.8, 4) is 0 Å². The lowest BCUT2D eigenvalue weighted by molar-refractivity contribution is -0.131. The van der Waals surface area contributed by atoms with E-state index in [-0.39, 0.29) is 5.78 Å². The molecule has 0 aromatic heterocycles. The summed E-state index contributed by atoms with van der Waals surface area (Å²) < 4.78 is 0. The molecule has 3 nitrogen and oxygen atoms in total. The Hall–Kier alpha value is -1.61. The van der Waals surface area contributed by atoms with Crippen LogP contribution in [0.2, 0.25) is 0 Å². The van der Waals surface area contributed by atoms with E-state index < -0.39 is 5.97 Å². The minimum atomic E-state index is -0.995. The van der Waals surface area contributed by atoms with E-state index in [0.29, 0.717) is 17.9 Å². The van der Waals surface area contributed by atoms with Crippen molar-refractivity contribution in [3.63, 3.8) is 0 Å². The van der Waals surface area contributed by atoms with Gasteiger partial charge in [0.1, 0.15) is 0 Å². The van der Waals surface area contributed by atoms with Gasteiger partial charge in [-0.1, -0.05) is 18.2 Å². The topological polar surface area (TPSA) is 54.4 Å². The molecule has 0 atom stereocenters. The minimum absolute atomic E-state index is 0.00580. The van der Waals surface area contributed by atoms with Crippen molar-refractivity contribution < 1.29 is 14.7 Å². The van der Waals surface area contributed by atoms with E-state index in [1.54, 1.807) is 18.2 Å². The number of carbonyl (C=O) groups is 2. The lowest BCUT2D eigenvalue weighted by atomic mass is 10.0. The molecule has 0 bridgehead atoms. The lowest BCUT2D eigenvalue weighted by Crippen LogP contribution is -2.02. The third kappa shape index (κ3) is 4.04. The highest BCUT2D eigenvalue weighted by molar-refractivity contribution is 6.19. The molecule has 1 aromatic carbocycles. The first-order chi connectivity index (χ1) is 8.04.